The molecule has 3 rings (SSSR count). The lowest BCUT2D eigenvalue weighted by Crippen LogP contribution is -2.67. The van der Waals surface area contributed by atoms with Crippen molar-refractivity contribution in [2.45, 2.75) is 56.2 Å². The van der Waals surface area contributed by atoms with E-state index in [-0.39, 0.29) is 6.61 Å². The molecular weight excluding hydrogens is 477 g/mol. The van der Waals surface area contributed by atoms with Crippen molar-refractivity contribution in [2.75, 3.05) is 6.61 Å². The number of hydrogen-bond donors (Lipinski definition) is 1. The summed E-state index contributed by atoms with van der Waals surface area (Å²) >= 11 is 0. The van der Waals surface area contributed by atoms with Gasteiger partial charge in [-0.1, -0.05) is 81.4 Å². The van der Waals surface area contributed by atoms with Crippen molar-refractivity contribution >= 4 is 28.8 Å². The number of alkyl halides is 3. The maximum Gasteiger partial charge on any atom is 0.523 e. The Kier molecular flexibility index (Phi) is 7.42. The Morgan fingerprint density at radius 1 is 1.00 bits per heavy atom. The van der Waals surface area contributed by atoms with Crippen LogP contribution in [0, 0.1) is 0 Å². The van der Waals surface area contributed by atoms with E-state index in [4.69, 9.17) is 9.16 Å². The van der Waals surface area contributed by atoms with Crippen LogP contribution < -0.4 is 10.4 Å². The molecule has 1 N–H and O–H groups in total. The number of ether oxygens (including phenoxy) is 1. The number of benzene rings is 2. The average Bonchev–Trinajstić information content (AvgIpc) is 3.06. The number of aliphatic hydroxyl groups excluding tert-OH is 1. The minimum atomic E-state index is -5.86. The summed E-state index contributed by atoms with van der Waals surface area (Å²) in [4.78, 5) is 0. The van der Waals surface area contributed by atoms with Crippen LogP contribution in [0.25, 0.3) is 0 Å². The normalized spacial score (nSPS) is 22.5. The molecule has 3 atom stereocenters. The Balaban J connectivity index is 1.97. The second-order valence-electron chi connectivity index (χ2n) is 8.87. The van der Waals surface area contributed by atoms with Crippen LogP contribution in [0.1, 0.15) is 27.2 Å². The van der Waals surface area contributed by atoms with Gasteiger partial charge in [0.2, 0.25) is 0 Å². The highest BCUT2D eigenvalue weighted by atomic mass is 32.2. The molecule has 1 aliphatic rings. The van der Waals surface area contributed by atoms with E-state index in [1.165, 1.54) is 0 Å². The molecule has 0 saturated carbocycles. The molecule has 0 radical (unpaired) electrons. The number of aliphatic hydroxyl groups is 1. The second kappa shape index (κ2) is 9.47. The van der Waals surface area contributed by atoms with E-state index in [2.05, 4.69) is 4.18 Å². The summed E-state index contributed by atoms with van der Waals surface area (Å²) in [6, 6.07) is 19.0. The van der Waals surface area contributed by atoms with Gasteiger partial charge >= 0.3 is 15.6 Å². The van der Waals surface area contributed by atoms with E-state index >= 15 is 0 Å². The number of hydrogen-bond acceptors (Lipinski definition) is 6. The minimum Gasteiger partial charge on any atom is -0.405 e. The third-order valence-electron chi connectivity index (χ3n) is 5.60. The zero-order chi connectivity index (χ0) is 24.5. The molecule has 2 aromatic carbocycles. The first kappa shape index (κ1) is 25.9. The first-order valence-electron chi connectivity index (χ1n) is 10.4. The SMILES string of the molecule is CC(C)(C)[Si](OC[C@H]1OC(O)C[C@H]1OS(=O)(=O)C(F)(F)F)(c1ccccc1)c1ccccc1. The monoisotopic (exact) mass is 504 g/mol. The van der Waals surface area contributed by atoms with E-state index in [0.717, 1.165) is 10.4 Å². The van der Waals surface area contributed by atoms with E-state index in [1.807, 2.05) is 81.4 Å². The van der Waals surface area contributed by atoms with E-state index < -0.39 is 53.9 Å². The van der Waals surface area contributed by atoms with Gasteiger partial charge in [-0.3, -0.25) is 4.18 Å². The molecule has 2 aromatic rings. The molecule has 6 nitrogen and oxygen atoms in total. The third kappa shape index (κ3) is 5.33. The molecule has 11 heteroatoms. The van der Waals surface area contributed by atoms with Crippen molar-refractivity contribution in [3.8, 4) is 0 Å². The summed E-state index contributed by atoms with van der Waals surface area (Å²) in [5, 5.41) is 11.3. The lowest BCUT2D eigenvalue weighted by atomic mass is 10.2. The van der Waals surface area contributed by atoms with Crippen LogP contribution in [0.4, 0.5) is 13.2 Å². The van der Waals surface area contributed by atoms with Gasteiger partial charge in [0, 0.05) is 6.42 Å². The summed E-state index contributed by atoms with van der Waals surface area (Å²) in [6.07, 6.45) is -4.64. The molecule has 1 unspecified atom stereocenters. The Morgan fingerprint density at radius 2 is 1.48 bits per heavy atom. The van der Waals surface area contributed by atoms with Crippen molar-refractivity contribution in [1.82, 2.24) is 0 Å². The standard InChI is InChI=1S/C22H27F3O6SSi/c1-21(2,3)33(16-10-6-4-7-11-16,17-12-8-5-9-13-17)29-15-19-18(14-20(26)30-19)31-32(27,28)22(23,24)25/h4-13,18-20,26H,14-15H2,1-3H3/t18-,19-,20?/m1/s1. The highest BCUT2D eigenvalue weighted by molar-refractivity contribution is 7.87. The Hall–Kier alpha value is -1.76. The van der Waals surface area contributed by atoms with Gasteiger partial charge in [-0.15, -0.1) is 0 Å². The summed E-state index contributed by atoms with van der Waals surface area (Å²) in [5.41, 5.74) is -5.58. The average molecular weight is 505 g/mol. The maximum atomic E-state index is 12.8. The third-order valence-corrected chi connectivity index (χ3v) is 11.7. The fourth-order valence-corrected chi connectivity index (χ4v) is 9.34. The predicted octanol–water partition coefficient (Wildman–Crippen LogP) is 2.91. The first-order valence-corrected chi connectivity index (χ1v) is 13.7. The van der Waals surface area contributed by atoms with Crippen LogP contribution in [0.2, 0.25) is 5.04 Å². The molecule has 1 fully saturated rings. The van der Waals surface area contributed by atoms with Gasteiger partial charge in [0.15, 0.2) is 6.29 Å². The van der Waals surface area contributed by atoms with Gasteiger partial charge in [0.25, 0.3) is 8.32 Å². The van der Waals surface area contributed by atoms with Crippen molar-refractivity contribution in [3.05, 3.63) is 60.7 Å². The van der Waals surface area contributed by atoms with Gasteiger partial charge in [-0.05, 0) is 15.4 Å². The molecule has 0 amide bonds. The highest BCUT2D eigenvalue weighted by Gasteiger charge is 2.53. The molecule has 0 aromatic heterocycles. The number of rotatable bonds is 7. The van der Waals surface area contributed by atoms with Crippen LogP contribution in [0.3, 0.4) is 0 Å². The molecule has 182 valence electrons. The minimum absolute atomic E-state index is 0.262. The lowest BCUT2D eigenvalue weighted by Gasteiger charge is -2.43. The van der Waals surface area contributed by atoms with Crippen LogP contribution >= 0.6 is 0 Å². The quantitative estimate of drug-likeness (QED) is 0.355. The second-order valence-corrected chi connectivity index (χ2v) is 14.7. The molecule has 0 spiro atoms. The molecule has 0 bridgehead atoms. The molecule has 1 saturated heterocycles. The fraction of sp³-hybridized carbons (Fsp3) is 0.455. The van der Waals surface area contributed by atoms with Gasteiger partial charge in [-0.2, -0.15) is 21.6 Å². The summed E-state index contributed by atoms with van der Waals surface area (Å²) in [7, 11) is -8.91. The van der Waals surface area contributed by atoms with E-state index in [0.29, 0.717) is 0 Å². The van der Waals surface area contributed by atoms with E-state index in [1.54, 1.807) is 0 Å². The Labute approximate surface area is 192 Å². The van der Waals surface area contributed by atoms with Crippen molar-refractivity contribution in [1.29, 1.82) is 0 Å². The highest BCUT2D eigenvalue weighted by Crippen LogP contribution is 2.38. The van der Waals surface area contributed by atoms with Crippen molar-refractivity contribution in [3.63, 3.8) is 0 Å². The van der Waals surface area contributed by atoms with Gasteiger partial charge in [-0.25, -0.2) is 0 Å². The van der Waals surface area contributed by atoms with Gasteiger partial charge < -0.3 is 14.3 Å². The van der Waals surface area contributed by atoms with E-state index in [9.17, 15) is 26.7 Å². The smallest absolute Gasteiger partial charge is 0.405 e. The van der Waals surface area contributed by atoms with Crippen molar-refractivity contribution < 1.29 is 40.0 Å². The molecule has 1 heterocycles. The number of halogens is 3. The lowest BCUT2D eigenvalue weighted by molar-refractivity contribution is -0.105. The predicted molar refractivity (Wildman–Crippen MR) is 119 cm³/mol. The largest absolute Gasteiger partial charge is 0.523 e. The Morgan fingerprint density at radius 3 is 1.91 bits per heavy atom. The van der Waals surface area contributed by atoms with Crippen LogP contribution in [0.5, 0.6) is 0 Å². The molecular formula is C22H27F3O6SSi. The maximum absolute atomic E-state index is 12.8. The fourth-order valence-electron chi connectivity index (χ4n) is 4.13. The molecule has 1 aliphatic heterocycles. The zero-order valence-electron chi connectivity index (χ0n) is 18.5. The summed E-state index contributed by atoms with van der Waals surface area (Å²) in [6.45, 7) is 5.80. The van der Waals surface area contributed by atoms with Crippen molar-refractivity contribution in [2.24, 2.45) is 0 Å². The molecule has 0 aliphatic carbocycles. The first-order chi connectivity index (χ1) is 15.3. The molecule has 33 heavy (non-hydrogen) atoms. The van der Waals surface area contributed by atoms with Crippen LogP contribution in [-0.2, 0) is 23.5 Å². The summed E-state index contributed by atoms with van der Waals surface area (Å²) < 4.78 is 77.9. The Bertz CT molecular complexity index is 986. The summed E-state index contributed by atoms with van der Waals surface area (Å²) in [5.74, 6) is 0. The topological polar surface area (TPSA) is 82.1 Å². The zero-order valence-corrected chi connectivity index (χ0v) is 20.3. The van der Waals surface area contributed by atoms with Gasteiger partial charge in [0.1, 0.15) is 12.2 Å². The van der Waals surface area contributed by atoms with Gasteiger partial charge in [0.05, 0.1) is 6.61 Å². The van der Waals surface area contributed by atoms with Crippen LogP contribution in [-0.4, -0.2) is 52.5 Å². The van der Waals surface area contributed by atoms with Crippen LogP contribution in [0.15, 0.2) is 60.7 Å².